The fourth-order valence-electron chi connectivity index (χ4n) is 6.22. The van der Waals surface area contributed by atoms with Crippen LogP contribution in [0, 0.1) is 17.2 Å². The SMILES string of the molecule is N#Cc1c(CC2CCN(Cc3ccc(-c4nc(C(F)(F)F)ccc4CF)cn3)C2=O)cc(C(F)(F)F)nc1-c1ccc(CN2CCOCC2=O)cc1. The van der Waals surface area contributed by atoms with Crippen LogP contribution in [0.25, 0.3) is 22.5 Å². The predicted molar refractivity (Wildman–Crippen MR) is 170 cm³/mol. The molecule has 3 aromatic heterocycles. The molecule has 2 aliphatic rings. The van der Waals surface area contributed by atoms with Gasteiger partial charge in [0.25, 0.3) is 0 Å². The van der Waals surface area contributed by atoms with Crippen molar-refractivity contribution < 1.29 is 45.1 Å². The first-order valence-corrected chi connectivity index (χ1v) is 16.1. The largest absolute Gasteiger partial charge is 0.433 e. The van der Waals surface area contributed by atoms with Crippen LogP contribution >= 0.6 is 0 Å². The summed E-state index contributed by atoms with van der Waals surface area (Å²) in [6, 6.07) is 13.8. The molecule has 2 saturated heterocycles. The standard InChI is InChI=1S/C36H29F7N6O3/c37-15-24-6-8-29(35(38,39)40)46-32(24)25-5-7-27(45-17-25)19-49-10-9-23(34(49)51)13-26-14-30(36(41,42)43)47-33(28(26)16-44)22-3-1-21(2-4-22)18-48-11-12-52-20-31(48)50/h1-8,14,17,23H,9-13,15,18-20H2. The van der Waals surface area contributed by atoms with E-state index in [1.54, 1.807) is 17.0 Å². The molecule has 0 bridgehead atoms. The van der Waals surface area contributed by atoms with Crippen molar-refractivity contribution in [3.8, 4) is 28.6 Å². The topological polar surface area (TPSA) is 112 Å². The second-order valence-electron chi connectivity index (χ2n) is 12.4. The van der Waals surface area contributed by atoms with Gasteiger partial charge in [0.05, 0.1) is 35.8 Å². The maximum Gasteiger partial charge on any atom is 0.433 e. The molecule has 0 aliphatic carbocycles. The number of alkyl halides is 7. The van der Waals surface area contributed by atoms with E-state index in [-0.39, 0.29) is 90.1 Å². The quantitative estimate of drug-likeness (QED) is 0.180. The second kappa shape index (κ2) is 14.7. The Labute approximate surface area is 292 Å². The van der Waals surface area contributed by atoms with Crippen LogP contribution < -0.4 is 0 Å². The summed E-state index contributed by atoms with van der Waals surface area (Å²) >= 11 is 0. The van der Waals surface area contributed by atoms with Crippen molar-refractivity contribution in [2.45, 2.75) is 45.0 Å². The fourth-order valence-corrected chi connectivity index (χ4v) is 6.22. The maximum absolute atomic E-state index is 14.1. The number of pyridine rings is 3. The van der Waals surface area contributed by atoms with E-state index in [0.29, 0.717) is 24.9 Å². The molecular weight excluding hydrogens is 697 g/mol. The molecule has 4 aromatic rings. The lowest BCUT2D eigenvalue weighted by molar-refractivity contribution is -0.143. The number of halogens is 7. The zero-order chi connectivity index (χ0) is 37.2. The van der Waals surface area contributed by atoms with E-state index in [1.807, 2.05) is 6.07 Å². The van der Waals surface area contributed by atoms with E-state index in [9.17, 15) is 45.6 Å². The lowest BCUT2D eigenvalue weighted by Gasteiger charge is -2.26. The molecular formula is C36H29F7N6O3. The van der Waals surface area contributed by atoms with Crippen molar-refractivity contribution in [2.75, 3.05) is 26.3 Å². The van der Waals surface area contributed by atoms with Gasteiger partial charge in [-0.25, -0.2) is 14.4 Å². The Balaban J connectivity index is 1.19. The van der Waals surface area contributed by atoms with Gasteiger partial charge in [-0.3, -0.25) is 14.6 Å². The Bertz CT molecular complexity index is 2010. The third-order valence-corrected chi connectivity index (χ3v) is 8.93. The van der Waals surface area contributed by atoms with E-state index >= 15 is 0 Å². The number of carbonyl (C=O) groups is 2. The summed E-state index contributed by atoms with van der Waals surface area (Å²) in [5, 5.41) is 10.1. The van der Waals surface area contributed by atoms with Crippen LogP contribution in [0.4, 0.5) is 30.7 Å². The molecule has 2 fully saturated rings. The summed E-state index contributed by atoms with van der Waals surface area (Å²) in [7, 11) is 0. The first kappa shape index (κ1) is 36.4. The molecule has 52 heavy (non-hydrogen) atoms. The number of ether oxygens (including phenoxy) is 1. The minimum Gasteiger partial charge on any atom is -0.370 e. The number of hydrogen-bond donors (Lipinski definition) is 0. The van der Waals surface area contributed by atoms with Crippen molar-refractivity contribution in [2.24, 2.45) is 5.92 Å². The van der Waals surface area contributed by atoms with Crippen molar-refractivity contribution in [3.63, 3.8) is 0 Å². The third kappa shape index (κ3) is 7.89. The van der Waals surface area contributed by atoms with Crippen LogP contribution in [0.5, 0.6) is 0 Å². The fraction of sp³-hybridized carbons (Fsp3) is 0.333. The van der Waals surface area contributed by atoms with E-state index in [0.717, 1.165) is 17.7 Å². The number of amides is 2. The summed E-state index contributed by atoms with van der Waals surface area (Å²) in [5.74, 6) is -1.30. The number of benzene rings is 1. The van der Waals surface area contributed by atoms with Gasteiger partial charge in [-0.05, 0) is 48.2 Å². The molecule has 2 aliphatic heterocycles. The molecule has 16 heteroatoms. The lowest BCUT2D eigenvalue weighted by atomic mass is 9.92. The maximum atomic E-state index is 14.1. The number of likely N-dealkylation sites (tertiary alicyclic amines) is 1. The summed E-state index contributed by atoms with van der Waals surface area (Å²) in [6.07, 6.45) is -8.22. The van der Waals surface area contributed by atoms with Crippen molar-refractivity contribution in [1.29, 1.82) is 5.26 Å². The summed E-state index contributed by atoms with van der Waals surface area (Å²) < 4.78 is 101. The summed E-state index contributed by atoms with van der Waals surface area (Å²) in [4.78, 5) is 40.3. The van der Waals surface area contributed by atoms with Gasteiger partial charge in [-0.2, -0.15) is 31.6 Å². The molecule has 1 unspecified atom stereocenters. The first-order valence-electron chi connectivity index (χ1n) is 16.1. The molecule has 0 radical (unpaired) electrons. The van der Waals surface area contributed by atoms with E-state index < -0.39 is 36.3 Å². The van der Waals surface area contributed by atoms with Gasteiger partial charge in [0.2, 0.25) is 11.8 Å². The summed E-state index contributed by atoms with van der Waals surface area (Å²) in [6.45, 7) is 0.249. The van der Waals surface area contributed by atoms with Crippen molar-refractivity contribution in [3.05, 3.63) is 100 Å². The number of nitriles is 1. The number of hydrogen-bond acceptors (Lipinski definition) is 7. The van der Waals surface area contributed by atoms with Crippen LogP contribution in [-0.4, -0.2) is 62.9 Å². The molecule has 1 atom stereocenters. The highest BCUT2D eigenvalue weighted by molar-refractivity contribution is 5.81. The molecule has 9 nitrogen and oxygen atoms in total. The number of morpholine rings is 1. The van der Waals surface area contributed by atoms with Crippen molar-refractivity contribution in [1.82, 2.24) is 24.8 Å². The average molecular weight is 727 g/mol. The molecule has 2 amide bonds. The number of nitrogens with zero attached hydrogens (tertiary/aromatic N) is 6. The first-order chi connectivity index (χ1) is 24.7. The molecule has 5 heterocycles. The third-order valence-electron chi connectivity index (χ3n) is 8.93. The van der Waals surface area contributed by atoms with Gasteiger partial charge in [0.15, 0.2) is 0 Å². The van der Waals surface area contributed by atoms with Crippen LogP contribution in [-0.2, 0) is 52.9 Å². The van der Waals surface area contributed by atoms with Crippen LogP contribution in [0.1, 0.15) is 45.8 Å². The van der Waals surface area contributed by atoms with Crippen LogP contribution in [0.15, 0.2) is 60.8 Å². The molecule has 270 valence electrons. The van der Waals surface area contributed by atoms with E-state index in [2.05, 4.69) is 15.0 Å². The van der Waals surface area contributed by atoms with Gasteiger partial charge in [-0.15, -0.1) is 0 Å². The zero-order valence-electron chi connectivity index (χ0n) is 27.3. The average Bonchev–Trinajstić information content (AvgIpc) is 3.46. The van der Waals surface area contributed by atoms with Gasteiger partial charge < -0.3 is 14.5 Å². The highest BCUT2D eigenvalue weighted by Crippen LogP contribution is 2.36. The van der Waals surface area contributed by atoms with Crippen LogP contribution in [0.3, 0.4) is 0 Å². The van der Waals surface area contributed by atoms with E-state index in [1.165, 1.54) is 35.4 Å². The monoisotopic (exact) mass is 726 g/mol. The number of rotatable bonds is 9. The minimum atomic E-state index is -4.84. The molecule has 1 aromatic carbocycles. The minimum absolute atomic E-state index is 0.00447. The Morgan fingerprint density at radius 3 is 2.17 bits per heavy atom. The number of carbonyl (C=O) groups excluding carboxylic acids is 2. The normalized spacial score (nSPS) is 16.8. The van der Waals surface area contributed by atoms with Gasteiger partial charge in [0.1, 0.15) is 30.7 Å². The Hall–Kier alpha value is -5.43. The lowest BCUT2D eigenvalue weighted by Crippen LogP contribution is -2.40. The highest BCUT2D eigenvalue weighted by Gasteiger charge is 2.37. The highest BCUT2D eigenvalue weighted by atomic mass is 19.4. The molecule has 0 saturated carbocycles. The van der Waals surface area contributed by atoms with Crippen LogP contribution in [0.2, 0.25) is 0 Å². The van der Waals surface area contributed by atoms with Gasteiger partial charge in [0, 0.05) is 48.4 Å². The molecule has 0 N–H and O–H groups in total. The zero-order valence-corrected chi connectivity index (χ0v) is 27.3. The van der Waals surface area contributed by atoms with Crippen molar-refractivity contribution >= 4 is 11.8 Å². The number of aromatic nitrogens is 3. The molecule has 6 rings (SSSR count). The smallest absolute Gasteiger partial charge is 0.370 e. The Morgan fingerprint density at radius 2 is 1.54 bits per heavy atom. The Kier molecular flexibility index (Phi) is 10.3. The van der Waals surface area contributed by atoms with Gasteiger partial charge >= 0.3 is 12.4 Å². The molecule has 0 spiro atoms. The predicted octanol–water partition coefficient (Wildman–Crippen LogP) is 6.53. The van der Waals surface area contributed by atoms with E-state index in [4.69, 9.17) is 4.74 Å². The Morgan fingerprint density at radius 1 is 0.827 bits per heavy atom. The second-order valence-corrected chi connectivity index (χ2v) is 12.4. The van der Waals surface area contributed by atoms with Gasteiger partial charge in [-0.1, -0.05) is 30.3 Å². The summed E-state index contributed by atoms with van der Waals surface area (Å²) in [5.41, 5.74) is -1.42.